The van der Waals surface area contributed by atoms with Gasteiger partial charge in [-0.3, -0.25) is 9.59 Å². The second kappa shape index (κ2) is 7.86. The van der Waals surface area contributed by atoms with E-state index in [0.29, 0.717) is 22.2 Å². The molecule has 1 aliphatic carbocycles. The molecule has 0 spiro atoms. The number of primary amides is 1. The summed E-state index contributed by atoms with van der Waals surface area (Å²) < 4.78 is 21.2. The minimum atomic E-state index is -1.16. The number of benzene rings is 2. The number of halogens is 1. The molecule has 0 atom stereocenters. The number of hydrogen-bond donors (Lipinski definition) is 2. The summed E-state index contributed by atoms with van der Waals surface area (Å²) in [6.45, 7) is 1.37. The number of amides is 1. The van der Waals surface area contributed by atoms with Crippen molar-refractivity contribution in [2.75, 3.05) is 6.61 Å². The molecule has 0 aliphatic heterocycles. The van der Waals surface area contributed by atoms with Crippen molar-refractivity contribution in [2.24, 2.45) is 5.73 Å². The number of nitrogens with two attached hydrogens (primary N) is 1. The van der Waals surface area contributed by atoms with Gasteiger partial charge >= 0.3 is 5.97 Å². The maximum Gasteiger partial charge on any atom is 0.341 e. The highest BCUT2D eigenvalue weighted by Gasteiger charge is 2.30. The number of aromatic nitrogens is 1. The summed E-state index contributed by atoms with van der Waals surface area (Å²) in [7, 11) is 0. The van der Waals surface area contributed by atoms with Gasteiger partial charge in [0, 0.05) is 12.2 Å². The lowest BCUT2D eigenvalue weighted by molar-refractivity contribution is -0.139. The smallest absolute Gasteiger partial charge is 0.341 e. The highest BCUT2D eigenvalue weighted by atomic mass is 19.1. The van der Waals surface area contributed by atoms with Crippen LogP contribution in [0.5, 0.6) is 5.75 Å². The van der Waals surface area contributed by atoms with Crippen molar-refractivity contribution in [3.05, 3.63) is 64.1 Å². The van der Waals surface area contributed by atoms with Crippen molar-refractivity contribution in [1.29, 1.82) is 0 Å². The molecule has 0 fully saturated rings. The molecule has 31 heavy (non-hydrogen) atoms. The predicted molar refractivity (Wildman–Crippen MR) is 111 cm³/mol. The standard InChI is InChI=1S/C23H21FN2O5/c1-12-19(22(29)23(25)30)20-17(31-11-18(27)28)9-14-5-3-7-16(14)21(20)26(12)10-13-4-2-6-15(24)8-13/h2,4,6,8-9H,3,5,7,10-11H2,1H3,(H2,25,30)(H,27,28). The summed E-state index contributed by atoms with van der Waals surface area (Å²) in [5.41, 5.74) is 9.29. The van der Waals surface area contributed by atoms with E-state index >= 15 is 0 Å². The second-order valence-electron chi connectivity index (χ2n) is 7.64. The molecule has 0 radical (unpaired) electrons. The van der Waals surface area contributed by atoms with Crippen LogP contribution < -0.4 is 10.5 Å². The van der Waals surface area contributed by atoms with Crippen molar-refractivity contribution in [3.8, 4) is 5.75 Å². The van der Waals surface area contributed by atoms with E-state index in [2.05, 4.69) is 0 Å². The first-order chi connectivity index (χ1) is 14.8. The number of carboxylic acid groups (broad SMARTS) is 1. The van der Waals surface area contributed by atoms with E-state index in [1.54, 1.807) is 25.1 Å². The molecule has 4 rings (SSSR count). The highest BCUT2D eigenvalue weighted by molar-refractivity contribution is 6.45. The van der Waals surface area contributed by atoms with Crippen LogP contribution in [0.1, 0.15) is 39.2 Å². The van der Waals surface area contributed by atoms with Gasteiger partial charge in [-0.15, -0.1) is 0 Å². The van der Waals surface area contributed by atoms with Crippen molar-refractivity contribution >= 4 is 28.6 Å². The first-order valence-electron chi connectivity index (χ1n) is 9.88. The van der Waals surface area contributed by atoms with Crippen molar-refractivity contribution in [3.63, 3.8) is 0 Å². The maximum absolute atomic E-state index is 13.8. The number of ether oxygens (including phenoxy) is 1. The SMILES string of the molecule is Cc1c(C(=O)C(N)=O)c2c(OCC(=O)O)cc3c(c2n1Cc1cccc(F)c1)CCC3. The number of hydrogen-bond acceptors (Lipinski definition) is 4. The van der Waals surface area contributed by atoms with E-state index in [0.717, 1.165) is 30.4 Å². The van der Waals surface area contributed by atoms with Crippen LogP contribution >= 0.6 is 0 Å². The minimum Gasteiger partial charge on any atom is -0.481 e. The first kappa shape index (κ1) is 20.6. The zero-order valence-electron chi connectivity index (χ0n) is 16.9. The van der Waals surface area contributed by atoms with Crippen molar-refractivity contribution in [2.45, 2.75) is 32.7 Å². The van der Waals surface area contributed by atoms with Gasteiger partial charge < -0.3 is 20.1 Å². The van der Waals surface area contributed by atoms with Gasteiger partial charge in [-0.1, -0.05) is 12.1 Å². The summed E-state index contributed by atoms with van der Waals surface area (Å²) >= 11 is 0. The molecule has 3 aromatic rings. The van der Waals surface area contributed by atoms with Gasteiger partial charge in [0.15, 0.2) is 6.61 Å². The minimum absolute atomic E-state index is 0.0917. The Morgan fingerprint density at radius 2 is 2.00 bits per heavy atom. The Bertz CT molecular complexity index is 1240. The summed E-state index contributed by atoms with van der Waals surface area (Å²) in [6, 6.07) is 7.88. The van der Waals surface area contributed by atoms with E-state index in [1.807, 2.05) is 4.57 Å². The Labute approximate surface area is 177 Å². The lowest BCUT2D eigenvalue weighted by Crippen LogP contribution is -2.24. The molecule has 7 nitrogen and oxygen atoms in total. The Kier molecular flexibility index (Phi) is 5.22. The maximum atomic E-state index is 13.8. The predicted octanol–water partition coefficient (Wildman–Crippen LogP) is 2.76. The van der Waals surface area contributed by atoms with E-state index in [1.165, 1.54) is 12.1 Å². The van der Waals surface area contributed by atoms with Crippen LogP contribution in [0.2, 0.25) is 0 Å². The number of Topliss-reactive ketones (excluding diaryl/α,β-unsaturated/α-hetero) is 1. The number of fused-ring (bicyclic) bond motifs is 3. The lowest BCUT2D eigenvalue weighted by atomic mass is 10.0. The van der Waals surface area contributed by atoms with Crippen LogP contribution in [0.25, 0.3) is 10.9 Å². The molecule has 3 N–H and O–H groups in total. The number of rotatable bonds is 7. The van der Waals surface area contributed by atoms with Crippen LogP contribution in [0.3, 0.4) is 0 Å². The number of carbonyl (C=O) groups excluding carboxylic acids is 2. The molecule has 0 unspecified atom stereocenters. The molecule has 160 valence electrons. The molecular weight excluding hydrogens is 403 g/mol. The zero-order valence-corrected chi connectivity index (χ0v) is 16.9. The number of ketones is 1. The average molecular weight is 424 g/mol. The fourth-order valence-electron chi connectivity index (χ4n) is 4.39. The number of carbonyl (C=O) groups is 3. The van der Waals surface area contributed by atoms with Gasteiger partial charge in [0.2, 0.25) is 0 Å². The molecule has 1 heterocycles. The third-order valence-electron chi connectivity index (χ3n) is 5.65. The topological polar surface area (TPSA) is 112 Å². The summed E-state index contributed by atoms with van der Waals surface area (Å²) in [5.74, 6) is -3.30. The molecule has 0 saturated carbocycles. The van der Waals surface area contributed by atoms with E-state index in [4.69, 9.17) is 15.6 Å². The monoisotopic (exact) mass is 424 g/mol. The average Bonchev–Trinajstić information content (AvgIpc) is 3.28. The Balaban J connectivity index is 2.03. The molecule has 1 aliphatic rings. The van der Waals surface area contributed by atoms with Gasteiger partial charge in [0.05, 0.1) is 16.5 Å². The van der Waals surface area contributed by atoms with Crippen molar-refractivity contribution in [1.82, 2.24) is 4.57 Å². The number of nitrogens with zero attached hydrogens (tertiary/aromatic N) is 1. The van der Waals surface area contributed by atoms with Crippen LogP contribution in [0, 0.1) is 12.7 Å². The van der Waals surface area contributed by atoms with Gasteiger partial charge in [0.1, 0.15) is 11.6 Å². The molecular formula is C23H21FN2O5. The normalized spacial score (nSPS) is 12.7. The quantitative estimate of drug-likeness (QED) is 0.447. The van der Waals surface area contributed by atoms with Crippen molar-refractivity contribution < 1.29 is 28.6 Å². The fraction of sp³-hybridized carbons (Fsp3) is 0.261. The lowest BCUT2D eigenvalue weighted by Gasteiger charge is -2.14. The number of aryl methyl sites for hydroxylation is 2. The Morgan fingerprint density at radius 3 is 2.68 bits per heavy atom. The Morgan fingerprint density at radius 1 is 1.23 bits per heavy atom. The molecule has 1 amide bonds. The summed E-state index contributed by atoms with van der Waals surface area (Å²) in [6.07, 6.45) is 2.45. The summed E-state index contributed by atoms with van der Waals surface area (Å²) in [4.78, 5) is 35.7. The number of aliphatic carboxylic acids is 1. The Hall–Kier alpha value is -3.68. The molecule has 2 aromatic carbocycles. The zero-order chi connectivity index (χ0) is 22.3. The van der Waals surface area contributed by atoms with Crippen LogP contribution in [0.4, 0.5) is 4.39 Å². The largest absolute Gasteiger partial charge is 0.481 e. The third kappa shape index (κ3) is 3.65. The van der Waals surface area contributed by atoms with Gasteiger partial charge in [0.25, 0.3) is 11.7 Å². The number of carboxylic acids is 1. The van der Waals surface area contributed by atoms with Gasteiger partial charge in [-0.25, -0.2) is 9.18 Å². The van der Waals surface area contributed by atoms with Crippen LogP contribution in [-0.4, -0.2) is 33.9 Å². The van der Waals surface area contributed by atoms with E-state index in [-0.39, 0.29) is 23.7 Å². The molecule has 1 aromatic heterocycles. The fourth-order valence-corrected chi connectivity index (χ4v) is 4.39. The molecule has 0 saturated heterocycles. The molecule has 8 heteroatoms. The third-order valence-corrected chi connectivity index (χ3v) is 5.65. The highest BCUT2D eigenvalue weighted by Crippen LogP contribution is 2.41. The van der Waals surface area contributed by atoms with E-state index in [9.17, 15) is 18.8 Å². The van der Waals surface area contributed by atoms with Gasteiger partial charge in [-0.2, -0.15) is 0 Å². The summed E-state index contributed by atoms with van der Waals surface area (Å²) in [5, 5.41) is 9.46. The van der Waals surface area contributed by atoms with Crippen LogP contribution in [0.15, 0.2) is 30.3 Å². The van der Waals surface area contributed by atoms with Crippen LogP contribution in [-0.2, 0) is 29.0 Å². The first-order valence-corrected chi connectivity index (χ1v) is 9.88. The van der Waals surface area contributed by atoms with Gasteiger partial charge in [-0.05, 0) is 61.1 Å². The molecule has 0 bridgehead atoms. The second-order valence-corrected chi connectivity index (χ2v) is 7.64. The van der Waals surface area contributed by atoms with E-state index < -0.39 is 24.3 Å².